The molecule has 0 spiro atoms. The molecule has 18 heavy (non-hydrogen) atoms. The van der Waals surface area contributed by atoms with Gasteiger partial charge in [-0.05, 0) is 17.7 Å². The number of benzene rings is 1. The molecular formula is C9H7Cl2F6N. The Morgan fingerprint density at radius 2 is 1.56 bits per heavy atom. The Bertz CT molecular complexity index is 414. The van der Waals surface area contributed by atoms with Gasteiger partial charge >= 0.3 is 12.4 Å². The molecule has 0 saturated heterocycles. The first-order chi connectivity index (χ1) is 7.53. The summed E-state index contributed by atoms with van der Waals surface area (Å²) in [5.41, 5.74) is 2.78. The summed E-state index contributed by atoms with van der Waals surface area (Å²) in [6.07, 6.45) is -9.63. The zero-order valence-electron chi connectivity index (χ0n) is 8.44. The number of nitrogens with two attached hydrogens (primary N) is 1. The van der Waals surface area contributed by atoms with E-state index in [-0.39, 0.29) is 12.4 Å². The third kappa shape index (κ3) is 3.93. The van der Waals surface area contributed by atoms with Gasteiger partial charge in [0.05, 0.1) is 10.6 Å². The Hall–Kier alpha value is -0.660. The van der Waals surface area contributed by atoms with E-state index in [4.69, 9.17) is 17.3 Å². The minimum atomic E-state index is -4.82. The second-order valence-corrected chi connectivity index (χ2v) is 3.66. The van der Waals surface area contributed by atoms with Crippen LogP contribution >= 0.6 is 24.0 Å². The minimum absolute atomic E-state index is 0. The van der Waals surface area contributed by atoms with Crippen molar-refractivity contribution in [3.8, 4) is 0 Å². The topological polar surface area (TPSA) is 26.0 Å². The number of halogens is 8. The largest absolute Gasteiger partial charge is 0.417 e. The Balaban J connectivity index is 0.00000289. The first-order valence-electron chi connectivity index (χ1n) is 4.22. The summed E-state index contributed by atoms with van der Waals surface area (Å²) in [4.78, 5) is 0. The average Bonchev–Trinajstić information content (AvgIpc) is 2.14. The highest BCUT2D eigenvalue weighted by Gasteiger charge is 2.40. The maximum absolute atomic E-state index is 12.4. The number of hydrogen-bond donors (Lipinski definition) is 1. The molecule has 1 atom stereocenters. The van der Waals surface area contributed by atoms with Crippen molar-refractivity contribution in [2.24, 2.45) is 5.73 Å². The van der Waals surface area contributed by atoms with Crippen molar-refractivity contribution in [1.82, 2.24) is 0 Å². The van der Waals surface area contributed by atoms with Gasteiger partial charge in [0, 0.05) is 0 Å². The van der Waals surface area contributed by atoms with Crippen LogP contribution in [-0.2, 0) is 6.18 Å². The van der Waals surface area contributed by atoms with E-state index in [0.717, 1.165) is 12.1 Å². The fourth-order valence-corrected chi connectivity index (χ4v) is 1.37. The quantitative estimate of drug-likeness (QED) is 0.767. The monoisotopic (exact) mass is 313 g/mol. The van der Waals surface area contributed by atoms with E-state index in [1.54, 1.807) is 0 Å². The maximum Gasteiger partial charge on any atom is 0.417 e. The Labute approximate surface area is 109 Å². The molecule has 0 saturated carbocycles. The molecule has 1 aromatic rings. The molecule has 0 unspecified atom stereocenters. The highest BCUT2D eigenvalue weighted by Crippen LogP contribution is 2.38. The molecule has 0 bridgehead atoms. The van der Waals surface area contributed by atoms with E-state index >= 15 is 0 Å². The molecule has 0 aliphatic heterocycles. The van der Waals surface area contributed by atoms with Crippen LogP contribution in [0, 0.1) is 0 Å². The maximum atomic E-state index is 12.4. The predicted octanol–water partition coefficient (Wildman–Crippen LogP) is 4.34. The van der Waals surface area contributed by atoms with Crippen molar-refractivity contribution in [3.63, 3.8) is 0 Å². The molecule has 0 heterocycles. The molecule has 1 nitrogen and oxygen atoms in total. The van der Waals surface area contributed by atoms with Crippen LogP contribution < -0.4 is 5.73 Å². The third-order valence-corrected chi connectivity index (χ3v) is 2.34. The summed E-state index contributed by atoms with van der Waals surface area (Å²) in [6, 6.07) is -0.609. The summed E-state index contributed by atoms with van der Waals surface area (Å²) in [7, 11) is 0. The number of rotatable bonds is 1. The lowest BCUT2D eigenvalue weighted by Crippen LogP contribution is -2.28. The standard InChI is InChI=1S/C9H6ClF6N.ClH/c10-6-2-1-4(7(17)9(14,15)16)3-5(6)8(11,12)13;/h1-3,7H,17H2;1H/t7-;/m0./s1. The van der Waals surface area contributed by atoms with E-state index < -0.39 is 34.5 Å². The summed E-state index contributed by atoms with van der Waals surface area (Å²) in [5.74, 6) is 0. The van der Waals surface area contributed by atoms with E-state index in [9.17, 15) is 26.3 Å². The third-order valence-electron chi connectivity index (χ3n) is 2.01. The lowest BCUT2D eigenvalue weighted by molar-refractivity contribution is -0.150. The van der Waals surface area contributed by atoms with E-state index in [1.165, 1.54) is 0 Å². The molecule has 0 aliphatic rings. The smallest absolute Gasteiger partial charge is 0.316 e. The molecule has 2 N–H and O–H groups in total. The van der Waals surface area contributed by atoms with Crippen molar-refractivity contribution < 1.29 is 26.3 Å². The molecule has 1 aromatic carbocycles. The first kappa shape index (κ1) is 17.3. The van der Waals surface area contributed by atoms with Gasteiger partial charge in [0.1, 0.15) is 6.04 Å². The van der Waals surface area contributed by atoms with Crippen LogP contribution in [0.5, 0.6) is 0 Å². The lowest BCUT2D eigenvalue weighted by atomic mass is 10.0. The van der Waals surface area contributed by atoms with Gasteiger partial charge in [-0.3, -0.25) is 0 Å². The van der Waals surface area contributed by atoms with Gasteiger partial charge in [-0.15, -0.1) is 12.4 Å². The van der Waals surface area contributed by atoms with Crippen molar-refractivity contribution >= 4 is 24.0 Å². The summed E-state index contributed by atoms with van der Waals surface area (Å²) in [5, 5.41) is -0.671. The SMILES string of the molecule is Cl.N[C@@H](c1ccc(Cl)c(C(F)(F)F)c1)C(F)(F)F. The van der Waals surface area contributed by atoms with Crippen LogP contribution in [0.1, 0.15) is 17.2 Å². The van der Waals surface area contributed by atoms with Gasteiger partial charge in [0.15, 0.2) is 0 Å². The van der Waals surface area contributed by atoms with Gasteiger partial charge in [0.25, 0.3) is 0 Å². The highest BCUT2D eigenvalue weighted by atomic mass is 35.5. The zero-order chi connectivity index (χ0) is 13.4. The summed E-state index contributed by atoms with van der Waals surface area (Å²) < 4.78 is 73.8. The summed E-state index contributed by atoms with van der Waals surface area (Å²) >= 11 is 5.26. The van der Waals surface area contributed by atoms with Crippen molar-refractivity contribution in [1.29, 1.82) is 0 Å². The number of hydrogen-bond acceptors (Lipinski definition) is 1. The van der Waals surface area contributed by atoms with Crippen molar-refractivity contribution in [3.05, 3.63) is 34.3 Å². The van der Waals surface area contributed by atoms with Gasteiger partial charge in [-0.1, -0.05) is 17.7 Å². The van der Waals surface area contributed by atoms with Crippen LogP contribution in [-0.4, -0.2) is 6.18 Å². The van der Waals surface area contributed by atoms with Gasteiger partial charge in [-0.25, -0.2) is 0 Å². The highest BCUT2D eigenvalue weighted by molar-refractivity contribution is 6.31. The fraction of sp³-hybridized carbons (Fsp3) is 0.333. The normalized spacial score (nSPS) is 14.0. The molecule has 0 aromatic heterocycles. The molecule has 0 fully saturated rings. The van der Waals surface area contributed by atoms with Crippen molar-refractivity contribution in [2.75, 3.05) is 0 Å². The van der Waals surface area contributed by atoms with Gasteiger partial charge in [0.2, 0.25) is 0 Å². The number of alkyl halides is 6. The van der Waals surface area contributed by atoms with Crippen LogP contribution in [0.25, 0.3) is 0 Å². The Kier molecular flexibility index (Phi) is 5.34. The second kappa shape index (κ2) is 5.54. The first-order valence-corrected chi connectivity index (χ1v) is 4.60. The fourth-order valence-electron chi connectivity index (χ4n) is 1.14. The van der Waals surface area contributed by atoms with Crippen LogP contribution in [0.2, 0.25) is 5.02 Å². The van der Waals surface area contributed by atoms with Crippen LogP contribution in [0.15, 0.2) is 18.2 Å². The van der Waals surface area contributed by atoms with Crippen LogP contribution in [0.4, 0.5) is 26.3 Å². The molecule has 1 rings (SSSR count). The average molecular weight is 314 g/mol. The molecular weight excluding hydrogens is 307 g/mol. The van der Waals surface area contributed by atoms with E-state index in [2.05, 4.69) is 0 Å². The predicted molar refractivity (Wildman–Crippen MR) is 56.7 cm³/mol. The minimum Gasteiger partial charge on any atom is -0.316 e. The zero-order valence-corrected chi connectivity index (χ0v) is 10.0. The molecule has 0 radical (unpaired) electrons. The van der Waals surface area contributed by atoms with Gasteiger partial charge in [-0.2, -0.15) is 26.3 Å². The van der Waals surface area contributed by atoms with E-state index in [0.29, 0.717) is 6.07 Å². The van der Waals surface area contributed by atoms with E-state index in [1.807, 2.05) is 0 Å². The lowest BCUT2D eigenvalue weighted by Gasteiger charge is -2.18. The van der Waals surface area contributed by atoms with Crippen molar-refractivity contribution in [2.45, 2.75) is 18.4 Å². The Morgan fingerprint density at radius 3 is 1.94 bits per heavy atom. The second-order valence-electron chi connectivity index (χ2n) is 3.26. The Morgan fingerprint density at radius 1 is 1.06 bits per heavy atom. The molecule has 104 valence electrons. The van der Waals surface area contributed by atoms with Gasteiger partial charge < -0.3 is 5.73 Å². The van der Waals surface area contributed by atoms with Crippen LogP contribution in [0.3, 0.4) is 0 Å². The molecule has 9 heteroatoms. The molecule has 0 amide bonds. The molecule has 0 aliphatic carbocycles. The summed E-state index contributed by atoms with van der Waals surface area (Å²) in [6.45, 7) is 0.